The zero-order chi connectivity index (χ0) is 20.8. The van der Waals surface area contributed by atoms with E-state index in [4.69, 9.17) is 4.74 Å². The number of nitrogens with one attached hydrogen (secondary N) is 2. The third kappa shape index (κ3) is 5.35. The van der Waals surface area contributed by atoms with Gasteiger partial charge in [0.15, 0.2) is 0 Å². The largest absolute Gasteiger partial charge is 0.496 e. The lowest BCUT2D eigenvalue weighted by Crippen LogP contribution is -2.41. The van der Waals surface area contributed by atoms with Gasteiger partial charge < -0.3 is 19.5 Å². The van der Waals surface area contributed by atoms with Gasteiger partial charge in [0.05, 0.1) is 7.11 Å². The first-order valence-electron chi connectivity index (χ1n) is 9.89. The number of rotatable bonds is 7. The second-order valence-electron chi connectivity index (χ2n) is 7.52. The van der Waals surface area contributed by atoms with Crippen LogP contribution in [0.15, 0.2) is 40.1 Å². The lowest BCUT2D eigenvalue weighted by Gasteiger charge is -2.34. The molecule has 8 heteroatoms. The molecule has 0 unspecified atom stereocenters. The van der Waals surface area contributed by atoms with Crippen molar-refractivity contribution in [3.63, 3.8) is 0 Å². The molecule has 2 N–H and O–H groups in total. The summed E-state index contributed by atoms with van der Waals surface area (Å²) in [6.45, 7) is 3.55. The van der Waals surface area contributed by atoms with Crippen LogP contribution in [0.25, 0.3) is 0 Å². The fourth-order valence-corrected chi connectivity index (χ4v) is 3.83. The van der Waals surface area contributed by atoms with E-state index < -0.39 is 11.2 Å². The highest BCUT2D eigenvalue weighted by Crippen LogP contribution is 2.21. The Labute approximate surface area is 169 Å². The monoisotopic (exact) mass is 400 g/mol. The molecule has 1 aromatic carbocycles. The second kappa shape index (κ2) is 9.56. The number of aromatic amines is 2. The molecule has 0 saturated carbocycles. The number of nitrogens with zero attached hydrogens (tertiary/aromatic N) is 2. The van der Waals surface area contributed by atoms with Crippen LogP contribution in [0.1, 0.15) is 28.8 Å². The molecule has 0 atom stereocenters. The predicted octanol–water partition coefficient (Wildman–Crippen LogP) is 1.10. The van der Waals surface area contributed by atoms with Gasteiger partial charge in [-0.25, -0.2) is 4.79 Å². The minimum absolute atomic E-state index is 0.0404. The van der Waals surface area contributed by atoms with E-state index in [1.165, 1.54) is 11.8 Å². The summed E-state index contributed by atoms with van der Waals surface area (Å²) in [5.41, 5.74) is -0.0959. The summed E-state index contributed by atoms with van der Waals surface area (Å²) in [6.07, 6.45) is 4.14. The van der Waals surface area contributed by atoms with Crippen molar-refractivity contribution in [2.24, 2.45) is 5.92 Å². The Balaban J connectivity index is 1.47. The van der Waals surface area contributed by atoms with Gasteiger partial charge in [-0.15, -0.1) is 0 Å². The average molecular weight is 400 g/mol. The van der Waals surface area contributed by atoms with E-state index in [2.05, 4.69) is 20.9 Å². The van der Waals surface area contributed by atoms with Gasteiger partial charge in [0.1, 0.15) is 11.3 Å². The Bertz CT molecular complexity index is 944. The molecule has 1 saturated heterocycles. The van der Waals surface area contributed by atoms with Crippen molar-refractivity contribution < 1.29 is 9.53 Å². The van der Waals surface area contributed by atoms with Gasteiger partial charge in [0.2, 0.25) is 0 Å². The molecule has 1 fully saturated rings. The Hall–Kier alpha value is -2.87. The van der Waals surface area contributed by atoms with Gasteiger partial charge in [-0.2, -0.15) is 0 Å². The first-order valence-corrected chi connectivity index (χ1v) is 9.89. The Kier molecular flexibility index (Phi) is 6.87. The van der Waals surface area contributed by atoms with Crippen LogP contribution in [-0.4, -0.2) is 66.0 Å². The summed E-state index contributed by atoms with van der Waals surface area (Å²) in [6, 6.07) is 8.10. The molecule has 0 spiro atoms. The van der Waals surface area contributed by atoms with Gasteiger partial charge in [-0.3, -0.25) is 14.6 Å². The van der Waals surface area contributed by atoms with Gasteiger partial charge >= 0.3 is 5.69 Å². The van der Waals surface area contributed by atoms with Gasteiger partial charge in [0.25, 0.3) is 11.5 Å². The van der Waals surface area contributed by atoms with Crippen LogP contribution in [0.2, 0.25) is 0 Å². The highest BCUT2D eigenvalue weighted by molar-refractivity contribution is 5.93. The van der Waals surface area contributed by atoms with Crippen LogP contribution in [0.5, 0.6) is 5.75 Å². The average Bonchev–Trinajstić information content (AvgIpc) is 2.73. The number of H-pyrrole nitrogens is 2. The number of ether oxygens (including phenoxy) is 1. The number of aromatic nitrogens is 2. The zero-order valence-corrected chi connectivity index (χ0v) is 16.9. The number of hydrogen-bond acceptors (Lipinski definition) is 5. The molecule has 3 rings (SSSR count). The standard InChI is InChI=1S/C21H28N4O4/c1-24(20(27)17-13-22-21(28)23-19(17)26)14-15-7-10-25(11-8-15)12-9-16-5-3-4-6-18(16)29-2/h3-6,13,15H,7-12,14H2,1-2H3,(H2,22,23,26,28). The van der Waals surface area contributed by atoms with Crippen molar-refractivity contribution in [1.82, 2.24) is 19.8 Å². The zero-order valence-electron chi connectivity index (χ0n) is 16.9. The number of hydrogen-bond donors (Lipinski definition) is 2. The van der Waals surface area contributed by atoms with Crippen molar-refractivity contribution in [1.29, 1.82) is 0 Å². The molecular weight excluding hydrogens is 372 g/mol. The van der Waals surface area contributed by atoms with E-state index in [1.807, 2.05) is 18.2 Å². The molecule has 156 valence electrons. The van der Waals surface area contributed by atoms with Gasteiger partial charge in [-0.05, 0) is 49.9 Å². The number of para-hydroxylation sites is 1. The molecule has 29 heavy (non-hydrogen) atoms. The van der Waals surface area contributed by atoms with Crippen LogP contribution in [0.3, 0.4) is 0 Å². The van der Waals surface area contributed by atoms with Crippen molar-refractivity contribution in [2.75, 3.05) is 40.3 Å². The van der Waals surface area contributed by atoms with Crippen molar-refractivity contribution in [3.8, 4) is 5.75 Å². The molecule has 2 aromatic rings. The fourth-order valence-electron chi connectivity index (χ4n) is 3.83. The maximum atomic E-state index is 12.5. The quantitative estimate of drug-likeness (QED) is 0.725. The maximum absolute atomic E-state index is 12.5. The molecule has 2 heterocycles. The summed E-state index contributed by atoms with van der Waals surface area (Å²) >= 11 is 0. The number of likely N-dealkylation sites (tertiary alicyclic amines) is 1. The summed E-state index contributed by atoms with van der Waals surface area (Å²) in [4.78, 5) is 43.9. The molecule has 1 amide bonds. The minimum Gasteiger partial charge on any atom is -0.496 e. The Morgan fingerprint density at radius 2 is 1.97 bits per heavy atom. The highest BCUT2D eigenvalue weighted by Gasteiger charge is 2.23. The third-order valence-electron chi connectivity index (χ3n) is 5.53. The summed E-state index contributed by atoms with van der Waals surface area (Å²) in [5.74, 6) is 0.953. The van der Waals surface area contributed by atoms with E-state index in [0.29, 0.717) is 12.5 Å². The maximum Gasteiger partial charge on any atom is 0.325 e. The SMILES string of the molecule is COc1ccccc1CCN1CCC(CN(C)C(=O)c2c[nH]c(=O)[nH]c2=O)CC1. The highest BCUT2D eigenvalue weighted by atomic mass is 16.5. The number of carbonyl (C=O) groups is 1. The third-order valence-corrected chi connectivity index (χ3v) is 5.53. The number of benzene rings is 1. The van der Waals surface area contributed by atoms with Crippen molar-refractivity contribution in [2.45, 2.75) is 19.3 Å². The summed E-state index contributed by atoms with van der Waals surface area (Å²) in [7, 11) is 3.39. The second-order valence-corrected chi connectivity index (χ2v) is 7.52. The number of piperidine rings is 1. The topological polar surface area (TPSA) is 98.5 Å². The van der Waals surface area contributed by atoms with Crippen LogP contribution < -0.4 is 16.0 Å². The molecular formula is C21H28N4O4. The lowest BCUT2D eigenvalue weighted by molar-refractivity contribution is 0.0738. The molecule has 1 aliphatic rings. The lowest BCUT2D eigenvalue weighted by atomic mass is 9.95. The molecule has 8 nitrogen and oxygen atoms in total. The van der Waals surface area contributed by atoms with E-state index >= 15 is 0 Å². The number of amides is 1. The van der Waals surface area contributed by atoms with Crippen LogP contribution >= 0.6 is 0 Å². The Morgan fingerprint density at radius 1 is 1.24 bits per heavy atom. The van der Waals surface area contributed by atoms with Gasteiger partial charge in [0, 0.05) is 26.3 Å². The molecule has 0 bridgehead atoms. The van der Waals surface area contributed by atoms with Crippen LogP contribution in [-0.2, 0) is 6.42 Å². The first-order chi connectivity index (χ1) is 14.0. The van der Waals surface area contributed by atoms with Gasteiger partial charge in [-0.1, -0.05) is 18.2 Å². The predicted molar refractivity (Wildman–Crippen MR) is 111 cm³/mol. The normalized spacial score (nSPS) is 15.2. The summed E-state index contributed by atoms with van der Waals surface area (Å²) < 4.78 is 5.42. The van der Waals surface area contributed by atoms with Crippen molar-refractivity contribution >= 4 is 5.91 Å². The fraction of sp³-hybridized carbons (Fsp3) is 0.476. The first kappa shape index (κ1) is 20.9. The number of methoxy groups -OCH3 is 1. The molecule has 0 aliphatic carbocycles. The van der Waals surface area contributed by atoms with E-state index in [1.54, 1.807) is 19.1 Å². The molecule has 1 aromatic heterocycles. The summed E-state index contributed by atoms with van der Waals surface area (Å²) in [5, 5.41) is 0. The molecule has 1 aliphatic heterocycles. The van der Waals surface area contributed by atoms with E-state index in [9.17, 15) is 14.4 Å². The van der Waals surface area contributed by atoms with E-state index in [-0.39, 0.29) is 11.5 Å². The van der Waals surface area contributed by atoms with Crippen LogP contribution in [0, 0.1) is 5.92 Å². The van der Waals surface area contributed by atoms with Crippen molar-refractivity contribution in [3.05, 3.63) is 62.4 Å². The number of carbonyl (C=O) groups excluding carboxylic acids is 1. The smallest absolute Gasteiger partial charge is 0.325 e. The Morgan fingerprint density at radius 3 is 2.66 bits per heavy atom. The van der Waals surface area contributed by atoms with E-state index in [0.717, 1.165) is 44.6 Å². The minimum atomic E-state index is -0.656. The van der Waals surface area contributed by atoms with Crippen LogP contribution in [0.4, 0.5) is 0 Å². The molecule has 0 radical (unpaired) electrons.